The van der Waals surface area contributed by atoms with Gasteiger partial charge in [0.2, 0.25) is 5.89 Å². The van der Waals surface area contributed by atoms with Crippen LogP contribution in [0.15, 0.2) is 4.52 Å². The topological polar surface area (TPSA) is 71.2 Å². The van der Waals surface area contributed by atoms with Crippen molar-refractivity contribution in [3.8, 4) is 0 Å². The Morgan fingerprint density at radius 3 is 2.64 bits per heavy atom. The van der Waals surface area contributed by atoms with Crippen molar-refractivity contribution in [1.29, 1.82) is 0 Å². The molecule has 0 bridgehead atoms. The molecule has 1 heterocycles. The second-order valence-electron chi connectivity index (χ2n) is 3.99. The molecule has 2 N–H and O–H groups in total. The Kier molecular flexibility index (Phi) is 3.23. The molecule has 0 saturated carbocycles. The van der Waals surface area contributed by atoms with Crippen LogP contribution in [0.4, 0.5) is 0 Å². The zero-order valence-corrected chi connectivity index (χ0v) is 9.03. The second-order valence-corrected chi connectivity index (χ2v) is 3.99. The third kappa shape index (κ3) is 3.08. The summed E-state index contributed by atoms with van der Waals surface area (Å²) in [6.45, 7) is 7.67. The molecule has 1 aromatic rings. The summed E-state index contributed by atoms with van der Waals surface area (Å²) in [5, 5.41) is 16.5. The van der Waals surface area contributed by atoms with E-state index in [1.54, 1.807) is 20.8 Å². The highest BCUT2D eigenvalue weighted by molar-refractivity contribution is 4.86. The average Bonchev–Trinajstić information content (AvgIpc) is 2.45. The van der Waals surface area contributed by atoms with Crippen LogP contribution >= 0.6 is 0 Å². The van der Waals surface area contributed by atoms with Gasteiger partial charge < -0.3 is 14.9 Å². The predicted octanol–water partition coefficient (Wildman–Crippen LogP) is 0.627. The van der Waals surface area contributed by atoms with Gasteiger partial charge in [-0.2, -0.15) is 4.98 Å². The summed E-state index contributed by atoms with van der Waals surface area (Å²) < 4.78 is 4.82. The molecule has 0 aliphatic heterocycles. The van der Waals surface area contributed by atoms with E-state index in [1.807, 2.05) is 6.92 Å². The van der Waals surface area contributed by atoms with E-state index in [0.717, 1.165) is 0 Å². The lowest BCUT2D eigenvalue weighted by molar-refractivity contribution is 0.0434. The smallest absolute Gasteiger partial charge is 0.223 e. The second kappa shape index (κ2) is 4.06. The SMILES string of the molecule is Cc1nc(CNC(C)C(C)(C)O)no1. The average molecular weight is 199 g/mol. The number of aromatic nitrogens is 2. The van der Waals surface area contributed by atoms with Crippen molar-refractivity contribution < 1.29 is 9.63 Å². The summed E-state index contributed by atoms with van der Waals surface area (Å²) in [6, 6.07) is -0.0266. The quantitative estimate of drug-likeness (QED) is 0.744. The van der Waals surface area contributed by atoms with Crippen LogP contribution < -0.4 is 5.32 Å². The molecule has 1 aromatic heterocycles. The first-order chi connectivity index (χ1) is 6.39. The third-order valence-corrected chi connectivity index (χ3v) is 2.20. The highest BCUT2D eigenvalue weighted by atomic mass is 16.5. The molecule has 1 rings (SSSR count). The maximum absolute atomic E-state index is 9.64. The summed E-state index contributed by atoms with van der Waals surface area (Å²) in [5.41, 5.74) is -0.751. The Morgan fingerprint density at radius 2 is 2.21 bits per heavy atom. The van der Waals surface area contributed by atoms with Gasteiger partial charge in [0.1, 0.15) is 0 Å². The number of aryl methyl sites for hydroxylation is 1. The van der Waals surface area contributed by atoms with E-state index in [1.165, 1.54) is 0 Å². The molecule has 1 atom stereocenters. The Morgan fingerprint density at radius 1 is 1.57 bits per heavy atom. The first-order valence-corrected chi connectivity index (χ1v) is 4.64. The highest BCUT2D eigenvalue weighted by Gasteiger charge is 2.21. The van der Waals surface area contributed by atoms with Crippen LogP contribution in [-0.4, -0.2) is 26.9 Å². The molecule has 0 fully saturated rings. The Bertz CT molecular complexity index is 290. The van der Waals surface area contributed by atoms with E-state index in [4.69, 9.17) is 4.52 Å². The molecule has 0 amide bonds. The fourth-order valence-corrected chi connectivity index (χ4v) is 0.907. The molecule has 0 aliphatic rings. The maximum atomic E-state index is 9.64. The van der Waals surface area contributed by atoms with E-state index in [9.17, 15) is 5.11 Å². The number of rotatable bonds is 4. The fraction of sp³-hybridized carbons (Fsp3) is 0.778. The summed E-state index contributed by atoms with van der Waals surface area (Å²) in [4.78, 5) is 4.04. The van der Waals surface area contributed by atoms with E-state index >= 15 is 0 Å². The lowest BCUT2D eigenvalue weighted by Gasteiger charge is -2.26. The third-order valence-electron chi connectivity index (χ3n) is 2.20. The molecule has 80 valence electrons. The normalized spacial score (nSPS) is 14.4. The number of aliphatic hydroxyl groups is 1. The number of nitrogens with zero attached hydrogens (tertiary/aromatic N) is 2. The van der Waals surface area contributed by atoms with Gasteiger partial charge in [-0.3, -0.25) is 0 Å². The van der Waals surface area contributed by atoms with Gasteiger partial charge in [0.25, 0.3) is 0 Å². The molecule has 1 unspecified atom stereocenters. The van der Waals surface area contributed by atoms with Gasteiger partial charge in [0, 0.05) is 13.0 Å². The summed E-state index contributed by atoms with van der Waals surface area (Å²) in [5.74, 6) is 1.16. The Labute approximate surface area is 83.5 Å². The summed E-state index contributed by atoms with van der Waals surface area (Å²) in [6.07, 6.45) is 0. The number of nitrogens with one attached hydrogen (secondary N) is 1. The van der Waals surface area contributed by atoms with Gasteiger partial charge in [-0.15, -0.1) is 0 Å². The van der Waals surface area contributed by atoms with E-state index < -0.39 is 5.60 Å². The van der Waals surface area contributed by atoms with Crippen LogP contribution in [0.2, 0.25) is 0 Å². The predicted molar refractivity (Wildman–Crippen MR) is 51.6 cm³/mol. The zero-order valence-electron chi connectivity index (χ0n) is 9.03. The Balaban J connectivity index is 2.41. The van der Waals surface area contributed by atoms with Crippen LogP contribution in [0, 0.1) is 6.92 Å². The van der Waals surface area contributed by atoms with Crippen LogP contribution in [0.25, 0.3) is 0 Å². The van der Waals surface area contributed by atoms with Gasteiger partial charge in [-0.25, -0.2) is 0 Å². The van der Waals surface area contributed by atoms with Gasteiger partial charge in [-0.05, 0) is 20.8 Å². The molecule has 0 aromatic carbocycles. The largest absolute Gasteiger partial charge is 0.389 e. The fourth-order valence-electron chi connectivity index (χ4n) is 0.907. The van der Waals surface area contributed by atoms with Crippen molar-refractivity contribution in [2.24, 2.45) is 0 Å². The number of hydrogen-bond acceptors (Lipinski definition) is 5. The lowest BCUT2D eigenvalue weighted by atomic mass is 10.0. The summed E-state index contributed by atoms with van der Waals surface area (Å²) in [7, 11) is 0. The zero-order chi connectivity index (χ0) is 10.8. The van der Waals surface area contributed by atoms with Gasteiger partial charge in [-0.1, -0.05) is 5.16 Å². The molecule has 0 radical (unpaired) electrons. The Hall–Kier alpha value is -0.940. The standard InChI is InChI=1S/C9H17N3O2/c1-6(9(3,4)13)10-5-8-11-7(2)14-12-8/h6,10,13H,5H2,1-4H3. The highest BCUT2D eigenvalue weighted by Crippen LogP contribution is 2.07. The van der Waals surface area contributed by atoms with Crippen molar-refractivity contribution in [2.45, 2.75) is 45.9 Å². The lowest BCUT2D eigenvalue weighted by Crippen LogP contribution is -2.44. The molecule has 0 aliphatic carbocycles. The minimum atomic E-state index is -0.751. The molecular weight excluding hydrogens is 182 g/mol. The van der Waals surface area contributed by atoms with Crippen molar-refractivity contribution in [1.82, 2.24) is 15.5 Å². The van der Waals surface area contributed by atoms with Crippen LogP contribution in [-0.2, 0) is 6.54 Å². The summed E-state index contributed by atoms with van der Waals surface area (Å²) >= 11 is 0. The van der Waals surface area contributed by atoms with E-state index in [-0.39, 0.29) is 6.04 Å². The van der Waals surface area contributed by atoms with E-state index in [0.29, 0.717) is 18.3 Å². The molecule has 0 saturated heterocycles. The van der Waals surface area contributed by atoms with Crippen molar-refractivity contribution in [3.63, 3.8) is 0 Å². The minimum Gasteiger partial charge on any atom is -0.389 e. The van der Waals surface area contributed by atoms with Crippen molar-refractivity contribution in [3.05, 3.63) is 11.7 Å². The van der Waals surface area contributed by atoms with Crippen molar-refractivity contribution >= 4 is 0 Å². The maximum Gasteiger partial charge on any atom is 0.223 e. The molecule has 5 nitrogen and oxygen atoms in total. The van der Waals surface area contributed by atoms with Crippen LogP contribution in [0.3, 0.4) is 0 Å². The van der Waals surface area contributed by atoms with Gasteiger partial charge >= 0.3 is 0 Å². The molecule has 14 heavy (non-hydrogen) atoms. The van der Waals surface area contributed by atoms with Crippen molar-refractivity contribution in [2.75, 3.05) is 0 Å². The van der Waals surface area contributed by atoms with E-state index in [2.05, 4.69) is 15.5 Å². The monoisotopic (exact) mass is 199 g/mol. The molecule has 5 heteroatoms. The van der Waals surface area contributed by atoms with Gasteiger partial charge in [0.05, 0.1) is 12.1 Å². The first kappa shape index (κ1) is 11.1. The molecule has 0 spiro atoms. The van der Waals surface area contributed by atoms with Crippen LogP contribution in [0.1, 0.15) is 32.5 Å². The van der Waals surface area contributed by atoms with Crippen LogP contribution in [0.5, 0.6) is 0 Å². The minimum absolute atomic E-state index is 0.0266. The number of hydrogen-bond donors (Lipinski definition) is 2. The first-order valence-electron chi connectivity index (χ1n) is 4.64. The van der Waals surface area contributed by atoms with Gasteiger partial charge in [0.15, 0.2) is 5.82 Å². The molecular formula is C9H17N3O2.